The van der Waals surface area contributed by atoms with Crippen LogP contribution in [0.15, 0.2) is 18.2 Å². The van der Waals surface area contributed by atoms with Gasteiger partial charge in [-0.1, -0.05) is 6.92 Å². The van der Waals surface area contributed by atoms with Crippen LogP contribution in [-0.4, -0.2) is 18.5 Å². The topological polar surface area (TPSA) is 67.2 Å². The molecule has 0 radical (unpaired) electrons. The van der Waals surface area contributed by atoms with Gasteiger partial charge in [0.25, 0.3) is 5.91 Å². The molecule has 0 atom stereocenters. The highest BCUT2D eigenvalue weighted by Gasteiger charge is 2.16. The molecule has 0 aromatic heterocycles. The third kappa shape index (κ3) is 3.37. The molecule has 1 aromatic rings. The van der Waals surface area contributed by atoms with Crippen molar-refractivity contribution in [3.63, 3.8) is 0 Å². The Labute approximate surface area is 103 Å². The summed E-state index contributed by atoms with van der Waals surface area (Å²) in [5.41, 5.74) is 7.92. The van der Waals surface area contributed by atoms with Gasteiger partial charge in [-0.25, -0.2) is 0 Å². The van der Waals surface area contributed by atoms with Gasteiger partial charge in [0.2, 0.25) is 0 Å². The number of hydrogen-bond acceptors (Lipinski definition) is 3. The average Bonchev–Trinajstić information content (AvgIpc) is 2.30. The predicted molar refractivity (Wildman–Crippen MR) is 72.2 cm³/mol. The van der Waals surface area contributed by atoms with Gasteiger partial charge in [-0.2, -0.15) is 0 Å². The van der Waals surface area contributed by atoms with Crippen LogP contribution in [0, 0.1) is 0 Å². The standard InChI is InChI=1S/C13H21N3O/c1-5-13(2,3)16-11-8-9(12(17)15-4)6-7-10(11)14/h6-8,16H,5,14H2,1-4H3,(H,15,17). The summed E-state index contributed by atoms with van der Waals surface area (Å²) in [5, 5.41) is 5.95. The van der Waals surface area contributed by atoms with Gasteiger partial charge in [-0.15, -0.1) is 0 Å². The molecule has 0 bridgehead atoms. The van der Waals surface area contributed by atoms with E-state index in [2.05, 4.69) is 31.4 Å². The number of amides is 1. The van der Waals surface area contributed by atoms with Crippen molar-refractivity contribution in [2.45, 2.75) is 32.7 Å². The fourth-order valence-corrected chi connectivity index (χ4v) is 1.40. The Morgan fingerprint density at radius 3 is 2.59 bits per heavy atom. The molecule has 1 aromatic carbocycles. The largest absolute Gasteiger partial charge is 0.397 e. The summed E-state index contributed by atoms with van der Waals surface area (Å²) < 4.78 is 0. The zero-order valence-corrected chi connectivity index (χ0v) is 10.9. The summed E-state index contributed by atoms with van der Waals surface area (Å²) in [5.74, 6) is -0.109. The first-order chi connectivity index (χ1) is 7.89. The second-order valence-electron chi connectivity index (χ2n) is 4.74. The highest BCUT2D eigenvalue weighted by molar-refractivity contribution is 5.96. The first-order valence-corrected chi connectivity index (χ1v) is 5.79. The van der Waals surface area contributed by atoms with E-state index in [9.17, 15) is 4.79 Å². The fraction of sp³-hybridized carbons (Fsp3) is 0.462. The monoisotopic (exact) mass is 235 g/mol. The van der Waals surface area contributed by atoms with Gasteiger partial charge in [0.15, 0.2) is 0 Å². The van der Waals surface area contributed by atoms with Crippen molar-refractivity contribution in [1.29, 1.82) is 0 Å². The second-order valence-corrected chi connectivity index (χ2v) is 4.74. The molecular weight excluding hydrogens is 214 g/mol. The minimum absolute atomic E-state index is 0.0462. The number of hydrogen-bond donors (Lipinski definition) is 3. The zero-order chi connectivity index (χ0) is 13.1. The average molecular weight is 235 g/mol. The van der Waals surface area contributed by atoms with Crippen LogP contribution in [0.1, 0.15) is 37.6 Å². The summed E-state index contributed by atoms with van der Waals surface area (Å²) >= 11 is 0. The molecule has 0 aliphatic rings. The summed E-state index contributed by atoms with van der Waals surface area (Å²) in [6, 6.07) is 5.25. The van der Waals surface area contributed by atoms with E-state index in [1.807, 2.05) is 0 Å². The predicted octanol–water partition coefficient (Wildman–Crippen LogP) is 2.23. The van der Waals surface area contributed by atoms with E-state index < -0.39 is 0 Å². The highest BCUT2D eigenvalue weighted by Crippen LogP contribution is 2.25. The van der Waals surface area contributed by atoms with Gasteiger partial charge >= 0.3 is 0 Å². The number of rotatable bonds is 4. The Hall–Kier alpha value is -1.71. The Bertz CT molecular complexity index is 413. The summed E-state index contributed by atoms with van der Waals surface area (Å²) in [4.78, 5) is 11.5. The van der Waals surface area contributed by atoms with Crippen LogP contribution < -0.4 is 16.4 Å². The molecule has 1 rings (SSSR count). The van der Waals surface area contributed by atoms with Crippen molar-refractivity contribution in [2.24, 2.45) is 0 Å². The lowest BCUT2D eigenvalue weighted by atomic mass is 10.0. The third-order valence-electron chi connectivity index (χ3n) is 2.90. The summed E-state index contributed by atoms with van der Waals surface area (Å²) in [6.07, 6.45) is 0.969. The van der Waals surface area contributed by atoms with E-state index in [4.69, 9.17) is 5.73 Å². The van der Waals surface area contributed by atoms with Gasteiger partial charge < -0.3 is 16.4 Å². The van der Waals surface area contributed by atoms with Crippen molar-refractivity contribution >= 4 is 17.3 Å². The maximum Gasteiger partial charge on any atom is 0.251 e. The number of nitrogens with two attached hydrogens (primary N) is 1. The lowest BCUT2D eigenvalue weighted by Crippen LogP contribution is -2.30. The van der Waals surface area contributed by atoms with Crippen LogP contribution in [0.3, 0.4) is 0 Å². The lowest BCUT2D eigenvalue weighted by molar-refractivity contribution is 0.0963. The molecule has 0 spiro atoms. The van der Waals surface area contributed by atoms with Crippen molar-refractivity contribution in [3.8, 4) is 0 Å². The first kappa shape index (κ1) is 13.4. The molecule has 0 aliphatic carbocycles. The van der Waals surface area contributed by atoms with E-state index in [1.54, 1.807) is 25.2 Å². The van der Waals surface area contributed by atoms with Crippen molar-refractivity contribution < 1.29 is 4.79 Å². The third-order valence-corrected chi connectivity index (χ3v) is 2.90. The van der Waals surface area contributed by atoms with Crippen molar-refractivity contribution in [1.82, 2.24) is 5.32 Å². The quantitative estimate of drug-likeness (QED) is 0.701. The normalized spacial score (nSPS) is 11.1. The van der Waals surface area contributed by atoms with Crippen LogP contribution in [-0.2, 0) is 0 Å². The Morgan fingerprint density at radius 1 is 1.41 bits per heavy atom. The van der Waals surface area contributed by atoms with E-state index in [1.165, 1.54) is 0 Å². The number of nitrogen functional groups attached to an aromatic ring is 1. The zero-order valence-electron chi connectivity index (χ0n) is 10.9. The van der Waals surface area contributed by atoms with E-state index in [-0.39, 0.29) is 11.4 Å². The number of benzene rings is 1. The molecule has 0 heterocycles. The molecule has 0 fully saturated rings. The van der Waals surface area contributed by atoms with E-state index >= 15 is 0 Å². The molecule has 0 saturated heterocycles. The molecule has 4 nitrogen and oxygen atoms in total. The fourth-order valence-electron chi connectivity index (χ4n) is 1.40. The lowest BCUT2D eigenvalue weighted by Gasteiger charge is -2.27. The minimum Gasteiger partial charge on any atom is -0.397 e. The molecule has 0 aliphatic heterocycles. The highest BCUT2D eigenvalue weighted by atomic mass is 16.1. The molecule has 0 saturated carbocycles. The Morgan fingerprint density at radius 2 is 2.06 bits per heavy atom. The van der Waals surface area contributed by atoms with Crippen LogP contribution in [0.2, 0.25) is 0 Å². The van der Waals surface area contributed by atoms with Gasteiger partial charge in [-0.3, -0.25) is 4.79 Å². The second kappa shape index (κ2) is 5.08. The Kier molecular flexibility index (Phi) is 3.99. The minimum atomic E-state index is -0.109. The van der Waals surface area contributed by atoms with Crippen LogP contribution in [0.5, 0.6) is 0 Å². The number of nitrogens with one attached hydrogen (secondary N) is 2. The number of carbonyl (C=O) groups is 1. The Balaban J connectivity index is 3.03. The van der Waals surface area contributed by atoms with Gasteiger partial charge in [-0.05, 0) is 38.5 Å². The smallest absolute Gasteiger partial charge is 0.251 e. The van der Waals surface area contributed by atoms with Gasteiger partial charge in [0.05, 0.1) is 11.4 Å². The van der Waals surface area contributed by atoms with Crippen molar-refractivity contribution in [3.05, 3.63) is 23.8 Å². The van der Waals surface area contributed by atoms with Crippen molar-refractivity contribution in [2.75, 3.05) is 18.1 Å². The SMILES string of the molecule is CCC(C)(C)Nc1cc(C(=O)NC)ccc1N. The molecule has 4 heteroatoms. The molecule has 1 amide bonds. The number of anilines is 2. The maximum absolute atomic E-state index is 11.5. The van der Waals surface area contributed by atoms with Crippen LogP contribution >= 0.6 is 0 Å². The molecular formula is C13H21N3O. The summed E-state index contributed by atoms with van der Waals surface area (Å²) in [6.45, 7) is 6.30. The van der Waals surface area contributed by atoms with Crippen LogP contribution in [0.4, 0.5) is 11.4 Å². The molecule has 17 heavy (non-hydrogen) atoms. The van der Waals surface area contributed by atoms with Gasteiger partial charge in [0, 0.05) is 18.2 Å². The van der Waals surface area contributed by atoms with E-state index in [0.717, 1.165) is 12.1 Å². The first-order valence-electron chi connectivity index (χ1n) is 5.79. The molecule has 4 N–H and O–H groups in total. The molecule has 0 unspecified atom stereocenters. The van der Waals surface area contributed by atoms with E-state index in [0.29, 0.717) is 11.3 Å². The number of carbonyl (C=O) groups excluding carboxylic acids is 1. The summed E-state index contributed by atoms with van der Waals surface area (Å²) in [7, 11) is 1.61. The van der Waals surface area contributed by atoms with Gasteiger partial charge in [0.1, 0.15) is 0 Å². The maximum atomic E-state index is 11.5. The molecule has 94 valence electrons. The van der Waals surface area contributed by atoms with Crippen LogP contribution in [0.25, 0.3) is 0 Å².